The van der Waals surface area contributed by atoms with Gasteiger partial charge in [0, 0.05) is 0 Å². The summed E-state index contributed by atoms with van der Waals surface area (Å²) in [6.07, 6.45) is -1.02. The van der Waals surface area contributed by atoms with Gasteiger partial charge in [0.15, 0.2) is 5.79 Å². The largest absolute Gasteiger partial charge is 0.343 e. The maximum absolute atomic E-state index is 7.83. The van der Waals surface area contributed by atoms with Crippen molar-refractivity contribution in [2.75, 3.05) is 0 Å². The second-order valence-electron chi connectivity index (χ2n) is 15.5. The molecular weight excluding hydrogens is 755 g/mol. The van der Waals surface area contributed by atoms with Crippen LogP contribution in [0.3, 0.4) is 0 Å². The highest BCUT2D eigenvalue weighted by molar-refractivity contribution is 7.75. The van der Waals surface area contributed by atoms with E-state index in [-0.39, 0.29) is 0 Å². The maximum Gasteiger partial charge on any atom is 0.163 e. The summed E-state index contributed by atoms with van der Waals surface area (Å²) in [5.41, 5.74) is 4.78. The zero-order chi connectivity index (χ0) is 40.1. The molecule has 8 aromatic carbocycles. The molecule has 4 heteroatoms. The first-order chi connectivity index (χ1) is 29.0. The highest BCUT2D eigenvalue weighted by Gasteiger charge is 2.66. The third kappa shape index (κ3) is 7.20. The van der Waals surface area contributed by atoms with Gasteiger partial charge in [0.2, 0.25) is 0 Å². The fourth-order valence-electron chi connectivity index (χ4n) is 9.32. The second kappa shape index (κ2) is 17.0. The molecule has 1 aliphatic heterocycles. The molecule has 0 aromatic heterocycles. The summed E-state index contributed by atoms with van der Waals surface area (Å²) < 4.78 is 15.7. The van der Waals surface area contributed by atoms with Crippen molar-refractivity contribution in [2.45, 2.75) is 42.2 Å². The number of hydrogen-bond donors (Lipinski definition) is 0. The minimum absolute atomic E-state index is 0.508. The Balaban J connectivity index is 1.48. The average molecular weight is 803 g/mol. The van der Waals surface area contributed by atoms with Gasteiger partial charge in [-0.25, -0.2) is 0 Å². The molecule has 0 unspecified atom stereocenters. The lowest BCUT2D eigenvalue weighted by Gasteiger charge is -2.53. The average Bonchev–Trinajstić information content (AvgIpc) is 3.64. The first-order valence-corrected chi connectivity index (χ1v) is 23.1. The highest BCUT2D eigenvalue weighted by atomic mass is 31.1. The SMILES string of the molecule is CC1(C)O[C@H](C(c2ccccc2)(c2ccccc2)P(c2ccccc2)c2ccccc2)[C@@H](C(c2ccccc2)(c2ccccc2)P(c2ccccc2)c2ccccc2)O1. The van der Waals surface area contributed by atoms with E-state index in [4.69, 9.17) is 9.47 Å². The molecule has 59 heavy (non-hydrogen) atoms. The molecule has 0 aliphatic carbocycles. The highest BCUT2D eigenvalue weighted by Crippen LogP contribution is 2.69. The van der Waals surface area contributed by atoms with Gasteiger partial charge in [-0.1, -0.05) is 243 Å². The Morgan fingerprint density at radius 1 is 0.305 bits per heavy atom. The molecule has 8 aromatic rings. The van der Waals surface area contributed by atoms with E-state index in [2.05, 4.69) is 257 Å². The van der Waals surface area contributed by atoms with E-state index >= 15 is 0 Å². The van der Waals surface area contributed by atoms with Crippen LogP contribution in [0.1, 0.15) is 36.1 Å². The minimum Gasteiger partial charge on any atom is -0.343 e. The Labute approximate surface area is 352 Å². The number of hydrogen-bond acceptors (Lipinski definition) is 2. The van der Waals surface area contributed by atoms with E-state index in [0.717, 1.165) is 0 Å². The lowest BCUT2D eigenvalue weighted by molar-refractivity contribution is -0.150. The quantitative estimate of drug-likeness (QED) is 0.115. The Hall–Kier alpha value is -5.46. The van der Waals surface area contributed by atoms with Crippen molar-refractivity contribution in [1.29, 1.82) is 0 Å². The Morgan fingerprint density at radius 2 is 0.492 bits per heavy atom. The van der Waals surface area contributed by atoms with Gasteiger partial charge in [-0.2, -0.15) is 0 Å². The topological polar surface area (TPSA) is 18.5 Å². The van der Waals surface area contributed by atoms with E-state index in [1.54, 1.807) is 0 Å². The number of benzene rings is 8. The molecular formula is C55H48O2P2. The molecule has 1 aliphatic rings. The Kier molecular flexibility index (Phi) is 11.3. The van der Waals surface area contributed by atoms with Gasteiger partial charge in [0.25, 0.3) is 0 Å². The van der Waals surface area contributed by atoms with E-state index in [0.29, 0.717) is 0 Å². The van der Waals surface area contributed by atoms with Crippen molar-refractivity contribution in [3.05, 3.63) is 265 Å². The molecule has 1 heterocycles. The van der Waals surface area contributed by atoms with Crippen LogP contribution < -0.4 is 21.2 Å². The standard InChI is InChI=1S/C55H48O2P2/c1-53(2)56-51(54(43-27-11-3-12-28-43,44-29-13-4-14-30-44)58(47-35-19-7-20-36-47)48-37-21-8-22-38-48)52(57-53)55(45-31-15-5-16-32-45,46-33-17-6-18-34-46)59(49-39-23-9-24-40-49)50-41-25-10-26-42-50/h3-42,51-52H,1-2H3/t51-,52-/m0/s1. The molecule has 2 atom stereocenters. The molecule has 0 radical (unpaired) electrons. The van der Waals surface area contributed by atoms with E-state index in [1.165, 1.54) is 43.5 Å². The minimum atomic E-state index is -1.24. The molecule has 0 amide bonds. The fourth-order valence-corrected chi connectivity index (χ4v) is 15.9. The normalized spacial score (nSPS) is 16.6. The van der Waals surface area contributed by atoms with Crippen LogP contribution in [-0.4, -0.2) is 18.0 Å². The molecule has 9 rings (SSSR count). The fraction of sp³-hybridized carbons (Fsp3) is 0.127. The summed E-state index contributed by atoms with van der Waals surface area (Å²) in [4.78, 5) is 0. The van der Waals surface area contributed by atoms with Crippen LogP contribution in [-0.2, 0) is 19.8 Å². The van der Waals surface area contributed by atoms with Crippen molar-refractivity contribution in [3.8, 4) is 0 Å². The summed E-state index contributed by atoms with van der Waals surface area (Å²) >= 11 is 0. The van der Waals surface area contributed by atoms with Crippen molar-refractivity contribution >= 4 is 37.1 Å². The van der Waals surface area contributed by atoms with Gasteiger partial charge in [-0.3, -0.25) is 0 Å². The molecule has 290 valence electrons. The van der Waals surface area contributed by atoms with Gasteiger partial charge < -0.3 is 9.47 Å². The van der Waals surface area contributed by atoms with Crippen LogP contribution in [0, 0.1) is 0 Å². The molecule has 0 spiro atoms. The molecule has 0 saturated carbocycles. The van der Waals surface area contributed by atoms with Crippen molar-refractivity contribution in [2.24, 2.45) is 0 Å². The van der Waals surface area contributed by atoms with Crippen LogP contribution >= 0.6 is 15.8 Å². The third-order valence-electron chi connectivity index (χ3n) is 11.5. The Morgan fingerprint density at radius 3 is 0.695 bits per heavy atom. The van der Waals surface area contributed by atoms with E-state index < -0.39 is 44.2 Å². The van der Waals surface area contributed by atoms with Crippen LogP contribution in [0.15, 0.2) is 243 Å². The molecule has 0 N–H and O–H groups in total. The van der Waals surface area contributed by atoms with Crippen LogP contribution in [0.5, 0.6) is 0 Å². The first kappa shape index (κ1) is 39.0. The molecule has 1 fully saturated rings. The maximum atomic E-state index is 7.83. The summed E-state index contributed by atoms with van der Waals surface area (Å²) in [6.45, 7) is 4.23. The smallest absolute Gasteiger partial charge is 0.163 e. The van der Waals surface area contributed by atoms with Gasteiger partial charge in [0.1, 0.15) is 12.2 Å². The van der Waals surface area contributed by atoms with Crippen molar-refractivity contribution in [1.82, 2.24) is 0 Å². The number of ether oxygens (including phenoxy) is 2. The lowest BCUT2D eigenvalue weighted by Crippen LogP contribution is -2.56. The van der Waals surface area contributed by atoms with Gasteiger partial charge in [0.05, 0.1) is 10.3 Å². The van der Waals surface area contributed by atoms with E-state index in [9.17, 15) is 0 Å². The molecule has 0 bridgehead atoms. The molecule has 1 saturated heterocycles. The van der Waals surface area contributed by atoms with Crippen molar-refractivity contribution < 1.29 is 9.47 Å². The van der Waals surface area contributed by atoms with E-state index in [1.807, 2.05) is 0 Å². The predicted molar refractivity (Wildman–Crippen MR) is 249 cm³/mol. The van der Waals surface area contributed by atoms with Crippen molar-refractivity contribution in [3.63, 3.8) is 0 Å². The monoisotopic (exact) mass is 802 g/mol. The summed E-state index contributed by atoms with van der Waals surface area (Å²) in [6, 6.07) is 89.1. The van der Waals surface area contributed by atoms with Crippen LogP contribution in [0.2, 0.25) is 0 Å². The number of rotatable bonds is 12. The molecule has 2 nitrogen and oxygen atoms in total. The van der Waals surface area contributed by atoms with Gasteiger partial charge in [-0.05, 0) is 73.2 Å². The first-order valence-electron chi connectivity index (χ1n) is 20.4. The second-order valence-corrected chi connectivity index (χ2v) is 20.3. The zero-order valence-electron chi connectivity index (χ0n) is 33.5. The Bertz CT molecular complexity index is 2180. The summed E-state index contributed by atoms with van der Waals surface area (Å²) in [5.74, 6) is -0.957. The zero-order valence-corrected chi connectivity index (χ0v) is 35.2. The van der Waals surface area contributed by atoms with Crippen LogP contribution in [0.4, 0.5) is 0 Å². The van der Waals surface area contributed by atoms with Crippen LogP contribution in [0.25, 0.3) is 0 Å². The van der Waals surface area contributed by atoms with Gasteiger partial charge in [-0.15, -0.1) is 0 Å². The summed E-state index contributed by atoms with van der Waals surface area (Å²) in [5, 5.41) is 3.56. The lowest BCUT2D eigenvalue weighted by atomic mass is 9.75. The van der Waals surface area contributed by atoms with Gasteiger partial charge >= 0.3 is 0 Å². The summed E-state index contributed by atoms with van der Waals surface area (Å²) in [7, 11) is -2.48. The predicted octanol–water partition coefficient (Wildman–Crippen LogP) is 11.7. The third-order valence-corrected chi connectivity index (χ3v) is 17.7.